The Labute approximate surface area is 215 Å². The first kappa shape index (κ1) is 27.6. The molecule has 0 aromatic heterocycles. The third-order valence-electron chi connectivity index (χ3n) is 8.17. The second-order valence-corrected chi connectivity index (χ2v) is 12.5. The monoisotopic (exact) mass is 491 g/mol. The molecule has 2 heterocycles. The highest BCUT2D eigenvalue weighted by Gasteiger charge is 2.40. The van der Waals surface area contributed by atoms with Gasteiger partial charge in [-0.15, -0.1) is 12.4 Å². The number of hydrogen-bond acceptors (Lipinski definition) is 4. The Bertz CT molecular complexity index is 751. The van der Waals surface area contributed by atoms with Gasteiger partial charge in [0, 0.05) is 50.6 Å². The zero-order valence-corrected chi connectivity index (χ0v) is 23.4. The van der Waals surface area contributed by atoms with Gasteiger partial charge in [0.25, 0.3) is 0 Å². The van der Waals surface area contributed by atoms with Crippen molar-refractivity contribution in [2.45, 2.75) is 79.1 Å². The molecule has 1 aromatic rings. The molecule has 0 unspecified atom stereocenters. The first-order chi connectivity index (χ1) is 15.8. The molecule has 0 N–H and O–H groups in total. The van der Waals surface area contributed by atoms with E-state index in [4.69, 9.17) is 4.74 Å². The molecule has 3 aliphatic rings. The van der Waals surface area contributed by atoms with E-state index in [9.17, 15) is 0 Å². The van der Waals surface area contributed by atoms with Crippen molar-refractivity contribution in [1.82, 2.24) is 4.90 Å². The van der Waals surface area contributed by atoms with Crippen LogP contribution < -0.4 is 9.80 Å². The zero-order valence-electron chi connectivity index (χ0n) is 22.6. The number of rotatable bonds is 7. The molecule has 0 amide bonds. The van der Waals surface area contributed by atoms with Gasteiger partial charge < -0.3 is 14.5 Å². The molecule has 2 saturated heterocycles. The highest BCUT2D eigenvalue weighted by atomic mass is 35.5. The standard InChI is InChI=1S/C29H49N3O.ClH/c1-6-7-8-11-30-12-14-32(15-13-30)27-10-9-25(31-16-18-33-19-17-31)20-26(27)24-21-28(2,3)23-29(4,5)22-24;/h9-10,20,24H,6-8,11-19,21-23H2,1-5H3;1H. The topological polar surface area (TPSA) is 19.0 Å². The molecule has 0 bridgehead atoms. The summed E-state index contributed by atoms with van der Waals surface area (Å²) in [5.41, 5.74) is 5.32. The van der Waals surface area contributed by atoms with Crippen LogP contribution in [0, 0.1) is 10.8 Å². The van der Waals surface area contributed by atoms with Crippen LogP contribution in [0.25, 0.3) is 0 Å². The number of morpholine rings is 1. The van der Waals surface area contributed by atoms with Crippen molar-refractivity contribution in [3.8, 4) is 0 Å². The normalized spacial score (nSPS) is 23.6. The van der Waals surface area contributed by atoms with Crippen LogP contribution in [0.4, 0.5) is 11.4 Å². The summed E-state index contributed by atoms with van der Waals surface area (Å²) in [7, 11) is 0. The van der Waals surface area contributed by atoms with Crippen molar-refractivity contribution < 1.29 is 4.74 Å². The second kappa shape index (κ2) is 11.8. The lowest BCUT2D eigenvalue weighted by atomic mass is 9.60. The number of benzene rings is 1. The predicted molar refractivity (Wildman–Crippen MR) is 149 cm³/mol. The van der Waals surface area contributed by atoms with Gasteiger partial charge in [0.05, 0.1) is 13.2 Å². The van der Waals surface area contributed by atoms with Crippen LogP contribution in [0.5, 0.6) is 0 Å². The Balaban J connectivity index is 0.00000324. The fraction of sp³-hybridized carbons (Fsp3) is 0.793. The maximum Gasteiger partial charge on any atom is 0.0642 e. The van der Waals surface area contributed by atoms with Gasteiger partial charge in [-0.25, -0.2) is 0 Å². The first-order valence-corrected chi connectivity index (χ1v) is 13.7. The molecule has 0 radical (unpaired) electrons. The largest absolute Gasteiger partial charge is 0.378 e. The van der Waals surface area contributed by atoms with Crippen molar-refractivity contribution in [2.75, 3.05) is 68.8 Å². The summed E-state index contributed by atoms with van der Waals surface area (Å²) in [6.07, 6.45) is 7.95. The van der Waals surface area contributed by atoms with E-state index in [0.717, 1.165) is 39.4 Å². The van der Waals surface area contributed by atoms with Crippen LogP contribution in [-0.4, -0.2) is 63.9 Å². The fourth-order valence-corrected chi connectivity index (χ4v) is 7.04. The maximum absolute atomic E-state index is 5.63. The third-order valence-corrected chi connectivity index (χ3v) is 8.17. The highest BCUT2D eigenvalue weighted by molar-refractivity contribution is 5.85. The van der Waals surface area contributed by atoms with E-state index in [-0.39, 0.29) is 12.4 Å². The van der Waals surface area contributed by atoms with Crippen molar-refractivity contribution in [2.24, 2.45) is 10.8 Å². The number of piperazine rings is 1. The van der Waals surface area contributed by atoms with E-state index < -0.39 is 0 Å². The van der Waals surface area contributed by atoms with Crippen molar-refractivity contribution in [1.29, 1.82) is 0 Å². The van der Waals surface area contributed by atoms with Gasteiger partial charge in [0.1, 0.15) is 0 Å². The molecule has 4 nitrogen and oxygen atoms in total. The van der Waals surface area contributed by atoms with E-state index in [1.807, 2.05) is 0 Å². The molecule has 1 aliphatic carbocycles. The lowest BCUT2D eigenvalue weighted by Crippen LogP contribution is -2.47. The molecule has 4 rings (SSSR count). The van der Waals surface area contributed by atoms with Crippen molar-refractivity contribution >= 4 is 23.8 Å². The van der Waals surface area contributed by atoms with Crippen molar-refractivity contribution in [3.05, 3.63) is 23.8 Å². The van der Waals surface area contributed by atoms with E-state index >= 15 is 0 Å². The predicted octanol–water partition coefficient (Wildman–Crippen LogP) is 6.58. The Morgan fingerprint density at radius 3 is 2.12 bits per heavy atom. The first-order valence-electron chi connectivity index (χ1n) is 13.7. The molecule has 0 atom stereocenters. The summed E-state index contributed by atoms with van der Waals surface area (Å²) < 4.78 is 5.63. The molecule has 2 aliphatic heterocycles. The average Bonchev–Trinajstić information content (AvgIpc) is 2.78. The van der Waals surface area contributed by atoms with E-state index in [2.05, 4.69) is 67.5 Å². The quantitative estimate of drug-likeness (QED) is 0.401. The smallest absolute Gasteiger partial charge is 0.0642 e. The summed E-state index contributed by atoms with van der Waals surface area (Å²) >= 11 is 0. The van der Waals surface area contributed by atoms with Crippen LogP contribution in [0.3, 0.4) is 0 Å². The molecule has 194 valence electrons. The van der Waals surface area contributed by atoms with Gasteiger partial charge in [-0.2, -0.15) is 0 Å². The Hall–Kier alpha value is -0.970. The molecular formula is C29H50ClN3O. The van der Waals surface area contributed by atoms with Gasteiger partial charge in [0.2, 0.25) is 0 Å². The molecule has 34 heavy (non-hydrogen) atoms. The van der Waals surface area contributed by atoms with E-state index in [1.165, 1.54) is 69.5 Å². The fourth-order valence-electron chi connectivity index (χ4n) is 7.04. The molecule has 3 fully saturated rings. The number of ether oxygens (including phenoxy) is 1. The van der Waals surface area contributed by atoms with Gasteiger partial charge in [0.15, 0.2) is 0 Å². The number of hydrogen-bond donors (Lipinski definition) is 0. The summed E-state index contributed by atoms with van der Waals surface area (Å²) in [6, 6.07) is 7.41. The van der Waals surface area contributed by atoms with Crippen LogP contribution in [0.1, 0.15) is 84.6 Å². The Morgan fingerprint density at radius 2 is 1.50 bits per heavy atom. The summed E-state index contributed by atoms with van der Waals surface area (Å²) in [4.78, 5) is 7.91. The lowest BCUT2D eigenvalue weighted by Gasteiger charge is -2.46. The maximum atomic E-state index is 5.63. The SMILES string of the molecule is CCCCCN1CCN(c2ccc(N3CCOCC3)cc2C2CC(C)(C)CC(C)(C)C2)CC1.Cl. The van der Waals surface area contributed by atoms with Crippen LogP contribution in [0.2, 0.25) is 0 Å². The minimum absolute atomic E-state index is 0. The third kappa shape index (κ3) is 7.04. The zero-order chi connectivity index (χ0) is 23.5. The molecular weight excluding hydrogens is 442 g/mol. The molecule has 5 heteroatoms. The number of nitrogens with zero attached hydrogens (tertiary/aromatic N) is 3. The second-order valence-electron chi connectivity index (χ2n) is 12.5. The van der Waals surface area contributed by atoms with Crippen LogP contribution in [0.15, 0.2) is 18.2 Å². The minimum Gasteiger partial charge on any atom is -0.378 e. The van der Waals surface area contributed by atoms with Crippen LogP contribution >= 0.6 is 12.4 Å². The lowest BCUT2D eigenvalue weighted by molar-refractivity contribution is 0.0969. The number of anilines is 2. The Morgan fingerprint density at radius 1 is 0.853 bits per heavy atom. The van der Waals surface area contributed by atoms with E-state index in [1.54, 1.807) is 5.56 Å². The van der Waals surface area contributed by atoms with Gasteiger partial charge in [-0.1, -0.05) is 47.5 Å². The summed E-state index contributed by atoms with van der Waals surface area (Å²) in [5.74, 6) is 0.641. The molecule has 0 spiro atoms. The van der Waals surface area contributed by atoms with Crippen LogP contribution in [-0.2, 0) is 4.74 Å². The summed E-state index contributed by atoms with van der Waals surface area (Å²) in [6.45, 7) is 22.0. The number of halogens is 1. The minimum atomic E-state index is 0. The highest BCUT2D eigenvalue weighted by Crippen LogP contribution is 2.53. The average molecular weight is 492 g/mol. The molecule has 1 aromatic carbocycles. The van der Waals surface area contributed by atoms with E-state index in [0.29, 0.717) is 16.7 Å². The van der Waals surface area contributed by atoms with Gasteiger partial charge >= 0.3 is 0 Å². The summed E-state index contributed by atoms with van der Waals surface area (Å²) in [5, 5.41) is 0. The Kier molecular flexibility index (Phi) is 9.62. The molecule has 1 saturated carbocycles. The number of unbranched alkanes of at least 4 members (excludes halogenated alkanes) is 2. The van der Waals surface area contributed by atoms with Crippen molar-refractivity contribution in [3.63, 3.8) is 0 Å². The van der Waals surface area contributed by atoms with Gasteiger partial charge in [-0.05, 0) is 72.7 Å². The van der Waals surface area contributed by atoms with Gasteiger partial charge in [-0.3, -0.25) is 4.90 Å².